The van der Waals surface area contributed by atoms with E-state index < -0.39 is 0 Å². The predicted octanol–water partition coefficient (Wildman–Crippen LogP) is 2.99. The molecule has 4 nitrogen and oxygen atoms in total. The van der Waals surface area contributed by atoms with E-state index in [2.05, 4.69) is 16.8 Å². The number of halogens is 1. The van der Waals surface area contributed by atoms with Crippen molar-refractivity contribution in [3.63, 3.8) is 0 Å². The third-order valence-corrected chi connectivity index (χ3v) is 5.11. The molecule has 2 aliphatic rings. The number of rotatable bonds is 2. The highest BCUT2D eigenvalue weighted by Crippen LogP contribution is 2.30. The molecule has 4 rings (SSSR count). The summed E-state index contributed by atoms with van der Waals surface area (Å²) in [6.07, 6.45) is 2.58. The lowest BCUT2D eigenvalue weighted by Gasteiger charge is -2.40. The number of carbonyl (C=O) groups excluding carboxylic acids is 1. The van der Waals surface area contributed by atoms with E-state index in [9.17, 15) is 9.18 Å². The largest absolute Gasteiger partial charge is 0.333 e. The van der Waals surface area contributed by atoms with Crippen molar-refractivity contribution in [2.75, 3.05) is 19.6 Å². The highest BCUT2D eigenvalue weighted by Gasteiger charge is 2.36. The molecule has 1 saturated carbocycles. The Morgan fingerprint density at radius 1 is 1.25 bits per heavy atom. The van der Waals surface area contributed by atoms with Gasteiger partial charge in [-0.3, -0.25) is 14.7 Å². The number of fused-ring (bicyclic) bond motifs is 1. The van der Waals surface area contributed by atoms with Crippen molar-refractivity contribution in [3.8, 4) is 0 Å². The number of piperazine rings is 1. The van der Waals surface area contributed by atoms with E-state index in [1.807, 2.05) is 17.9 Å². The van der Waals surface area contributed by atoms with E-state index in [-0.39, 0.29) is 17.8 Å². The van der Waals surface area contributed by atoms with E-state index >= 15 is 0 Å². The van der Waals surface area contributed by atoms with Crippen LogP contribution in [0.5, 0.6) is 0 Å². The summed E-state index contributed by atoms with van der Waals surface area (Å²) in [6.45, 7) is 6.59. The molecule has 2 heterocycles. The predicted molar refractivity (Wildman–Crippen MR) is 91.5 cm³/mol. The van der Waals surface area contributed by atoms with Gasteiger partial charge in [0.05, 0.1) is 11.1 Å². The smallest absolute Gasteiger partial charge is 0.254 e. The lowest BCUT2D eigenvalue weighted by atomic mass is 10.0. The van der Waals surface area contributed by atoms with Crippen molar-refractivity contribution in [2.24, 2.45) is 0 Å². The Labute approximate surface area is 141 Å². The van der Waals surface area contributed by atoms with E-state index in [1.54, 1.807) is 6.07 Å². The van der Waals surface area contributed by atoms with Crippen LogP contribution in [0.2, 0.25) is 0 Å². The first-order valence-electron chi connectivity index (χ1n) is 8.65. The molecule has 0 N–H and O–H groups in total. The molecule has 126 valence electrons. The summed E-state index contributed by atoms with van der Waals surface area (Å²) in [5, 5.41) is 0.726. The van der Waals surface area contributed by atoms with Crippen LogP contribution in [0.1, 0.15) is 35.8 Å². The van der Waals surface area contributed by atoms with Gasteiger partial charge in [0.25, 0.3) is 5.91 Å². The molecule has 5 heteroatoms. The minimum atomic E-state index is -0.328. The average molecular weight is 327 g/mol. The molecule has 1 aliphatic heterocycles. The fourth-order valence-electron chi connectivity index (χ4n) is 3.72. The SMILES string of the molecule is Cc1cc(C(=O)N2CCN(C3CC3)CC2C)c2ccc(F)cc2n1. The van der Waals surface area contributed by atoms with E-state index in [0.717, 1.165) is 36.8 Å². The van der Waals surface area contributed by atoms with Crippen molar-refractivity contribution in [1.29, 1.82) is 0 Å². The number of hydrogen-bond acceptors (Lipinski definition) is 3. The molecule has 1 amide bonds. The summed E-state index contributed by atoms with van der Waals surface area (Å²) in [5.41, 5.74) is 1.91. The Balaban J connectivity index is 1.65. The van der Waals surface area contributed by atoms with Gasteiger partial charge in [-0.1, -0.05) is 0 Å². The van der Waals surface area contributed by atoms with Gasteiger partial charge in [0.2, 0.25) is 0 Å². The van der Waals surface area contributed by atoms with Crippen LogP contribution < -0.4 is 0 Å². The molecule has 24 heavy (non-hydrogen) atoms. The van der Waals surface area contributed by atoms with Crippen molar-refractivity contribution in [3.05, 3.63) is 41.3 Å². The molecule has 1 saturated heterocycles. The lowest BCUT2D eigenvalue weighted by molar-refractivity contribution is 0.0475. The molecule has 1 unspecified atom stereocenters. The number of hydrogen-bond donors (Lipinski definition) is 0. The molecule has 2 aromatic rings. The average Bonchev–Trinajstić information content (AvgIpc) is 3.37. The van der Waals surface area contributed by atoms with Crippen LogP contribution in [-0.4, -0.2) is 52.4 Å². The van der Waals surface area contributed by atoms with Crippen molar-refractivity contribution in [1.82, 2.24) is 14.8 Å². The minimum absolute atomic E-state index is 0.0278. The number of nitrogens with zero attached hydrogens (tertiary/aromatic N) is 3. The van der Waals surface area contributed by atoms with Crippen molar-refractivity contribution >= 4 is 16.8 Å². The van der Waals surface area contributed by atoms with E-state index in [4.69, 9.17) is 0 Å². The second kappa shape index (κ2) is 5.81. The standard InChI is InChI=1S/C19H22FN3O/c1-12-9-17(16-6-3-14(20)10-18(16)21-12)19(24)23-8-7-22(11-13(23)2)15-4-5-15/h3,6,9-10,13,15H,4-5,7-8,11H2,1-2H3. The minimum Gasteiger partial charge on any atom is -0.333 e. The molecule has 1 aromatic carbocycles. The summed E-state index contributed by atoms with van der Waals surface area (Å²) in [4.78, 5) is 22.0. The number of aryl methyl sites for hydroxylation is 1. The highest BCUT2D eigenvalue weighted by atomic mass is 19.1. The van der Waals surface area contributed by atoms with Crippen molar-refractivity contribution < 1.29 is 9.18 Å². The summed E-state index contributed by atoms with van der Waals surface area (Å²) in [6, 6.07) is 7.20. The van der Waals surface area contributed by atoms with Crippen LogP contribution in [0.3, 0.4) is 0 Å². The van der Waals surface area contributed by atoms with Crippen LogP contribution >= 0.6 is 0 Å². The third kappa shape index (κ3) is 2.77. The Hall–Kier alpha value is -2.01. The number of benzene rings is 1. The molecule has 0 bridgehead atoms. The number of aromatic nitrogens is 1. The van der Waals surface area contributed by atoms with Gasteiger partial charge in [-0.2, -0.15) is 0 Å². The molecule has 1 aliphatic carbocycles. The van der Waals surface area contributed by atoms with Gasteiger partial charge in [0, 0.05) is 48.9 Å². The van der Waals surface area contributed by atoms with Gasteiger partial charge in [-0.15, -0.1) is 0 Å². The van der Waals surface area contributed by atoms with Crippen molar-refractivity contribution in [2.45, 2.75) is 38.8 Å². The van der Waals surface area contributed by atoms with Gasteiger partial charge in [-0.25, -0.2) is 4.39 Å². The molecule has 1 aromatic heterocycles. The maximum atomic E-state index is 13.5. The Morgan fingerprint density at radius 3 is 2.75 bits per heavy atom. The van der Waals surface area contributed by atoms with E-state index in [0.29, 0.717) is 11.1 Å². The van der Waals surface area contributed by atoms with E-state index in [1.165, 1.54) is 25.0 Å². The number of amides is 1. The fraction of sp³-hybridized carbons (Fsp3) is 0.474. The van der Waals surface area contributed by atoms with Crippen LogP contribution in [0.25, 0.3) is 10.9 Å². The fourth-order valence-corrected chi connectivity index (χ4v) is 3.72. The summed E-state index contributed by atoms with van der Waals surface area (Å²) in [5.74, 6) is -0.300. The molecule has 0 spiro atoms. The normalized spacial score (nSPS) is 22.1. The second-order valence-electron chi connectivity index (χ2n) is 7.05. The molecule has 1 atom stereocenters. The summed E-state index contributed by atoms with van der Waals surface area (Å²) >= 11 is 0. The maximum absolute atomic E-state index is 13.5. The zero-order chi connectivity index (χ0) is 16.8. The van der Waals surface area contributed by atoms with Gasteiger partial charge < -0.3 is 4.90 Å². The monoisotopic (exact) mass is 327 g/mol. The van der Waals surface area contributed by atoms with Crippen LogP contribution in [-0.2, 0) is 0 Å². The molecule has 0 radical (unpaired) electrons. The van der Waals surface area contributed by atoms with Gasteiger partial charge in [0.1, 0.15) is 5.82 Å². The second-order valence-corrected chi connectivity index (χ2v) is 7.05. The van der Waals surface area contributed by atoms with Crippen LogP contribution in [0, 0.1) is 12.7 Å². The Bertz CT molecular complexity index is 797. The molecular weight excluding hydrogens is 305 g/mol. The first kappa shape index (κ1) is 15.5. The number of carbonyl (C=O) groups is 1. The first-order chi connectivity index (χ1) is 11.5. The molecule has 2 fully saturated rings. The number of pyridine rings is 1. The maximum Gasteiger partial charge on any atom is 0.254 e. The third-order valence-electron chi connectivity index (χ3n) is 5.11. The lowest BCUT2D eigenvalue weighted by Crippen LogP contribution is -2.54. The topological polar surface area (TPSA) is 36.4 Å². The van der Waals surface area contributed by atoms with Gasteiger partial charge in [0.15, 0.2) is 0 Å². The van der Waals surface area contributed by atoms with Gasteiger partial charge >= 0.3 is 0 Å². The Kier molecular flexibility index (Phi) is 3.76. The van der Waals surface area contributed by atoms with Crippen LogP contribution in [0.15, 0.2) is 24.3 Å². The first-order valence-corrected chi connectivity index (χ1v) is 8.65. The molecular formula is C19H22FN3O. The quantitative estimate of drug-likeness (QED) is 0.851. The Morgan fingerprint density at radius 2 is 2.04 bits per heavy atom. The summed E-state index contributed by atoms with van der Waals surface area (Å²) in [7, 11) is 0. The zero-order valence-electron chi connectivity index (χ0n) is 14.1. The highest BCUT2D eigenvalue weighted by molar-refractivity contribution is 6.06. The van der Waals surface area contributed by atoms with Crippen LogP contribution in [0.4, 0.5) is 4.39 Å². The van der Waals surface area contributed by atoms with Gasteiger partial charge in [-0.05, 0) is 44.9 Å². The summed E-state index contributed by atoms with van der Waals surface area (Å²) < 4.78 is 13.5. The zero-order valence-corrected chi connectivity index (χ0v) is 14.1.